The molecule has 10 heteroatoms. The highest BCUT2D eigenvalue weighted by Crippen LogP contribution is 2.96. The smallest absolute Gasteiger partial charge is 0.326 e. The second-order valence-electron chi connectivity index (χ2n) is 29.3. The van der Waals surface area contributed by atoms with Gasteiger partial charge in [-0.15, -0.1) is 0 Å². The molecule has 1 atom stereocenters. The number of hydrogen-bond donors (Lipinski definition) is 0. The van der Waals surface area contributed by atoms with E-state index < -0.39 is 34.3 Å². The molecule has 1 heterocycles. The standard InChI is InChI=1S/C78H30O10/c1-2-86-74(79)78(75(80)88-14-15-13-85-10-9-83-6-5-81-3-4-82-7-8-84-11-12-87-15)76-70-62-54-44-34-26-18-16-17-20-24-22(18)30-38-32(24)42-36-28(20)29-21(17)25-23-19(16)27(26)35-41-31(23)39-33(25)43-37(29)47-46(36)56-50(42)60-52(38)58(48(54)40(30)34)66(70)68(60)72-64(56)65-57(47)51(43)61-53(39)59-49(41)55(45(35)44)63(62)71(76)67(59)69(61)73(65)77(72,76)78/h15H,2-14H2,1H3. The maximum absolute atomic E-state index is 17.7. The van der Waals surface area contributed by atoms with Gasteiger partial charge in [-0.3, -0.25) is 9.59 Å². The fourth-order valence-electron chi connectivity index (χ4n) is 27.3. The molecule has 1 unspecified atom stereocenters. The van der Waals surface area contributed by atoms with Gasteiger partial charge in [-0.25, -0.2) is 0 Å². The van der Waals surface area contributed by atoms with E-state index in [0.29, 0.717) is 59.5 Å². The number of benzene rings is 18. The van der Waals surface area contributed by atoms with Crippen LogP contribution in [0.5, 0.6) is 0 Å². The molecule has 0 radical (unpaired) electrons. The number of hydrogen-bond acceptors (Lipinski definition) is 10. The summed E-state index contributed by atoms with van der Waals surface area (Å²) >= 11 is 0. The van der Waals surface area contributed by atoms with E-state index in [1.54, 1.807) is 10.8 Å². The molecule has 10 nitrogen and oxygen atoms in total. The van der Waals surface area contributed by atoms with E-state index in [1.807, 2.05) is 6.92 Å². The Morgan fingerprint density at radius 3 is 0.705 bits per heavy atom. The number of rotatable bonds is 5. The van der Waals surface area contributed by atoms with Crippen molar-refractivity contribution in [3.05, 3.63) is 22.3 Å². The van der Waals surface area contributed by atoms with Gasteiger partial charge in [-0.05, 0) is 320 Å². The van der Waals surface area contributed by atoms with Gasteiger partial charge in [-0.1, -0.05) is 0 Å². The second kappa shape index (κ2) is 10.2. The zero-order valence-corrected chi connectivity index (χ0v) is 46.4. The molecule has 6 aliphatic rings. The van der Waals surface area contributed by atoms with Gasteiger partial charge in [0.1, 0.15) is 12.7 Å². The molecule has 1 aliphatic heterocycles. The molecule has 1 saturated heterocycles. The van der Waals surface area contributed by atoms with Crippen molar-refractivity contribution in [2.75, 3.05) is 85.9 Å². The fraction of sp³-hybridized carbons (Fsp3) is 0.231. The van der Waals surface area contributed by atoms with Crippen LogP contribution in [-0.2, 0) is 58.3 Å². The largest absolute Gasteiger partial charge is 0.465 e. The topological polar surface area (TPSA) is 108 Å². The molecule has 2 fully saturated rings. The van der Waals surface area contributed by atoms with Gasteiger partial charge in [0.2, 0.25) is 0 Å². The molecule has 0 N–H and O–H groups in total. The Labute approximate surface area is 485 Å². The molecule has 0 amide bonds. The van der Waals surface area contributed by atoms with Gasteiger partial charge in [-0.2, -0.15) is 0 Å². The van der Waals surface area contributed by atoms with Crippen molar-refractivity contribution >= 4 is 303 Å². The van der Waals surface area contributed by atoms with Crippen molar-refractivity contribution in [2.45, 2.75) is 23.9 Å². The van der Waals surface area contributed by atoms with Gasteiger partial charge in [0.05, 0.1) is 90.1 Å². The Bertz CT molecular complexity index is 7150. The van der Waals surface area contributed by atoms with E-state index in [0.717, 1.165) is 0 Å². The Balaban J connectivity index is 0.824. The van der Waals surface area contributed by atoms with Crippen molar-refractivity contribution in [3.63, 3.8) is 0 Å². The highest BCUT2D eigenvalue weighted by Gasteiger charge is 3.01. The first-order valence-corrected chi connectivity index (χ1v) is 32.3. The fourth-order valence-corrected chi connectivity index (χ4v) is 27.3. The second-order valence-corrected chi connectivity index (χ2v) is 29.3. The molecular weight excluding hydrogens is 1100 g/mol. The average molecular weight is 1130 g/mol. The summed E-state index contributed by atoms with van der Waals surface area (Å²) in [6.45, 7) is 6.06. The lowest BCUT2D eigenvalue weighted by atomic mass is 9.68. The lowest BCUT2D eigenvalue weighted by molar-refractivity contribution is -0.170. The Morgan fingerprint density at radius 2 is 0.477 bits per heavy atom. The van der Waals surface area contributed by atoms with Crippen molar-refractivity contribution in [3.8, 4) is 0 Å². The number of carbonyl (C=O) groups is 2. The summed E-state index contributed by atoms with van der Waals surface area (Å²) in [5, 5.41) is 78.2. The molecule has 0 bridgehead atoms. The number of ether oxygens (including phenoxy) is 8. The molecule has 34 rings (SSSR count). The molecule has 2 spiro atoms. The monoisotopic (exact) mass is 1130 g/mol. The van der Waals surface area contributed by atoms with Crippen LogP contribution in [0.2, 0.25) is 0 Å². The normalized spacial score (nSPS) is 25.2. The van der Waals surface area contributed by atoms with Crippen LogP contribution in [0.4, 0.5) is 0 Å². The van der Waals surface area contributed by atoms with Crippen molar-refractivity contribution < 1.29 is 47.5 Å². The maximum atomic E-state index is 17.7. The third-order valence-corrected chi connectivity index (χ3v) is 28.0. The van der Waals surface area contributed by atoms with E-state index >= 15 is 9.59 Å². The minimum atomic E-state index is -1.85. The molecular formula is C78H30O10. The Kier molecular flexibility index (Phi) is 4.55. The summed E-state index contributed by atoms with van der Waals surface area (Å²) in [6, 6.07) is 0. The van der Waals surface area contributed by atoms with Crippen molar-refractivity contribution in [2.24, 2.45) is 5.41 Å². The number of carbonyl (C=O) groups excluding carboxylic acids is 2. The quantitative estimate of drug-likeness (QED) is 0.0939. The first-order valence-electron chi connectivity index (χ1n) is 32.3. The highest BCUT2D eigenvalue weighted by molar-refractivity contribution is 6.82. The van der Waals surface area contributed by atoms with Crippen LogP contribution in [0.1, 0.15) is 29.2 Å². The molecule has 28 aromatic rings. The van der Waals surface area contributed by atoms with Crippen LogP contribution < -0.4 is 0 Å². The molecule has 88 heavy (non-hydrogen) atoms. The highest BCUT2D eigenvalue weighted by atomic mass is 16.6. The van der Waals surface area contributed by atoms with E-state index in [-0.39, 0.29) is 26.4 Å². The predicted octanol–water partition coefficient (Wildman–Crippen LogP) is 15.9. The summed E-state index contributed by atoms with van der Waals surface area (Å²) in [5.74, 6) is -0.977. The van der Waals surface area contributed by atoms with E-state index in [1.165, 1.54) is 302 Å². The molecule has 402 valence electrons. The summed E-state index contributed by atoms with van der Waals surface area (Å²) in [6.07, 6.45) is -0.664. The average Bonchev–Trinajstić information content (AvgIpc) is 1.36. The van der Waals surface area contributed by atoms with Crippen molar-refractivity contribution in [1.29, 1.82) is 0 Å². The third-order valence-electron chi connectivity index (χ3n) is 28.0. The zero-order valence-electron chi connectivity index (χ0n) is 46.4. The van der Waals surface area contributed by atoms with Gasteiger partial charge in [0.15, 0.2) is 5.41 Å². The van der Waals surface area contributed by atoms with Gasteiger partial charge in [0.25, 0.3) is 0 Å². The van der Waals surface area contributed by atoms with Crippen LogP contribution >= 0.6 is 0 Å². The molecule has 1 saturated carbocycles. The van der Waals surface area contributed by atoms with Gasteiger partial charge in [0, 0.05) is 0 Å². The lowest BCUT2D eigenvalue weighted by Gasteiger charge is -2.32. The minimum Gasteiger partial charge on any atom is -0.465 e. The van der Waals surface area contributed by atoms with Gasteiger partial charge < -0.3 is 37.9 Å². The van der Waals surface area contributed by atoms with Gasteiger partial charge >= 0.3 is 11.9 Å². The van der Waals surface area contributed by atoms with E-state index in [4.69, 9.17) is 37.9 Å². The SMILES string of the molecule is CCOC(=O)C1(C(=O)OCC2COCCOCCOCCOCCOCCO2)C23c4c5c6c7c8c9c(c%10c%11c2c2c4c4c%12c5c5c6c6c8c8c%13c9c9c%10c%10c%11c%11c2c2c4c4c%12c%12c5c5c6c8c6c8c%13c9c9c%10c%10c%11c2c2c4c4c%12c5c6c5c8c9c%10c2c45)C713. The van der Waals surface area contributed by atoms with E-state index in [2.05, 4.69) is 0 Å². The van der Waals surface area contributed by atoms with Crippen LogP contribution in [0.15, 0.2) is 0 Å². The summed E-state index contributed by atoms with van der Waals surface area (Å²) in [5.41, 5.74) is 0.631. The van der Waals surface area contributed by atoms with Crippen molar-refractivity contribution in [1.82, 2.24) is 0 Å². The predicted molar refractivity (Wildman–Crippen MR) is 348 cm³/mol. The third kappa shape index (κ3) is 2.54. The zero-order chi connectivity index (χ0) is 54.6. The lowest BCUT2D eigenvalue weighted by Crippen LogP contribution is -2.40. The first kappa shape index (κ1) is 39.1. The van der Waals surface area contributed by atoms with Crippen LogP contribution in [0.3, 0.4) is 0 Å². The maximum Gasteiger partial charge on any atom is 0.326 e. The summed E-state index contributed by atoms with van der Waals surface area (Å²) in [7, 11) is 0. The van der Waals surface area contributed by atoms with Crippen LogP contribution in [0, 0.1) is 5.41 Å². The number of esters is 2. The van der Waals surface area contributed by atoms with Crippen LogP contribution in [-0.4, -0.2) is 104 Å². The summed E-state index contributed by atoms with van der Waals surface area (Å²) in [4.78, 5) is 35.0. The summed E-state index contributed by atoms with van der Waals surface area (Å²) < 4.78 is 50.4. The minimum absolute atomic E-state index is 0.122. The first-order chi connectivity index (χ1) is 43.7. The molecule has 5 aliphatic carbocycles. The van der Waals surface area contributed by atoms with Crippen LogP contribution in [0.25, 0.3) is 291 Å². The Hall–Kier alpha value is -8.84. The molecule has 0 aromatic heterocycles. The Morgan fingerprint density at radius 1 is 0.284 bits per heavy atom. The molecule has 28 aromatic carbocycles. The van der Waals surface area contributed by atoms with E-state index in [9.17, 15) is 0 Å².